The molecule has 0 radical (unpaired) electrons. The first-order valence-corrected chi connectivity index (χ1v) is 10.4. The molecule has 0 unspecified atom stereocenters. The number of rotatable bonds is 5. The van der Waals surface area contributed by atoms with Crippen LogP contribution in [-0.2, 0) is 17.6 Å². The summed E-state index contributed by atoms with van der Waals surface area (Å²) in [6.07, 6.45) is 3.43. The first-order valence-electron chi connectivity index (χ1n) is 9.21. The second-order valence-electron chi connectivity index (χ2n) is 7.02. The highest BCUT2D eigenvalue weighted by atomic mass is 35.5. The van der Waals surface area contributed by atoms with Gasteiger partial charge in [0.25, 0.3) is 5.91 Å². The number of ether oxygens (including phenoxy) is 1. The molecule has 0 saturated heterocycles. The van der Waals surface area contributed by atoms with E-state index in [4.69, 9.17) is 16.3 Å². The van der Waals surface area contributed by atoms with Crippen LogP contribution in [0, 0.1) is 24.2 Å². The molecule has 3 rings (SSSR count). The van der Waals surface area contributed by atoms with Crippen LogP contribution in [0.2, 0.25) is 5.02 Å². The van der Waals surface area contributed by atoms with Gasteiger partial charge in [-0.25, -0.2) is 0 Å². The Labute approximate surface area is 169 Å². The SMILES string of the molecule is CC[C@@H]1CCc2c(sc(NC(=O)[C@H](C)Oc3cc(C)ccc3Cl)c2C#N)C1. The summed E-state index contributed by atoms with van der Waals surface area (Å²) in [5, 5.41) is 13.6. The van der Waals surface area contributed by atoms with E-state index in [9.17, 15) is 10.1 Å². The third-order valence-electron chi connectivity index (χ3n) is 5.05. The first-order chi connectivity index (χ1) is 12.9. The van der Waals surface area contributed by atoms with Crippen molar-refractivity contribution in [2.45, 2.75) is 52.6 Å². The zero-order valence-corrected chi connectivity index (χ0v) is 17.3. The van der Waals surface area contributed by atoms with E-state index in [0.717, 1.165) is 36.8 Å². The van der Waals surface area contributed by atoms with Crippen molar-refractivity contribution < 1.29 is 9.53 Å². The molecule has 0 fully saturated rings. The first kappa shape index (κ1) is 19.7. The van der Waals surface area contributed by atoms with Crippen LogP contribution in [0.3, 0.4) is 0 Å². The van der Waals surface area contributed by atoms with Crippen LogP contribution in [-0.4, -0.2) is 12.0 Å². The highest BCUT2D eigenvalue weighted by Gasteiger charge is 2.27. The van der Waals surface area contributed by atoms with Crippen molar-refractivity contribution >= 4 is 33.8 Å². The number of amides is 1. The lowest BCUT2D eigenvalue weighted by Gasteiger charge is -2.20. The third kappa shape index (κ3) is 4.28. The van der Waals surface area contributed by atoms with Crippen molar-refractivity contribution in [2.75, 3.05) is 5.32 Å². The van der Waals surface area contributed by atoms with Gasteiger partial charge in [-0.15, -0.1) is 11.3 Å². The van der Waals surface area contributed by atoms with Gasteiger partial charge >= 0.3 is 0 Å². The van der Waals surface area contributed by atoms with Crippen molar-refractivity contribution in [1.29, 1.82) is 5.26 Å². The summed E-state index contributed by atoms with van der Waals surface area (Å²) in [4.78, 5) is 13.9. The second kappa shape index (κ2) is 8.33. The molecule has 0 spiro atoms. The summed E-state index contributed by atoms with van der Waals surface area (Å²) in [5.74, 6) is 0.864. The van der Waals surface area contributed by atoms with Crippen LogP contribution >= 0.6 is 22.9 Å². The van der Waals surface area contributed by atoms with Gasteiger partial charge in [-0.1, -0.05) is 31.0 Å². The minimum absolute atomic E-state index is 0.283. The highest BCUT2D eigenvalue weighted by molar-refractivity contribution is 7.16. The number of anilines is 1. The van der Waals surface area contributed by atoms with Crippen LogP contribution in [0.4, 0.5) is 5.00 Å². The fourth-order valence-electron chi connectivity index (χ4n) is 3.37. The molecule has 1 aromatic carbocycles. The molecular formula is C21H23ClN2O2S. The van der Waals surface area contributed by atoms with E-state index in [-0.39, 0.29) is 5.91 Å². The minimum atomic E-state index is -0.724. The van der Waals surface area contributed by atoms with Crippen molar-refractivity contribution in [1.82, 2.24) is 0 Å². The number of halogens is 1. The molecule has 1 amide bonds. The Bertz CT molecular complexity index is 900. The van der Waals surface area contributed by atoms with Crippen LogP contribution in [0.25, 0.3) is 0 Å². The monoisotopic (exact) mass is 402 g/mol. The van der Waals surface area contributed by atoms with Gasteiger partial charge in [-0.2, -0.15) is 5.26 Å². The molecule has 2 atom stereocenters. The summed E-state index contributed by atoms with van der Waals surface area (Å²) < 4.78 is 5.75. The molecule has 1 aliphatic rings. The zero-order valence-electron chi connectivity index (χ0n) is 15.8. The van der Waals surface area contributed by atoms with Crippen molar-refractivity contribution in [3.05, 3.63) is 44.8 Å². The predicted molar refractivity (Wildman–Crippen MR) is 110 cm³/mol. The Kier molecular flexibility index (Phi) is 6.08. The summed E-state index contributed by atoms with van der Waals surface area (Å²) in [6, 6.07) is 7.73. The van der Waals surface area contributed by atoms with Gasteiger partial charge in [0.05, 0.1) is 10.6 Å². The smallest absolute Gasteiger partial charge is 0.265 e. The lowest BCUT2D eigenvalue weighted by molar-refractivity contribution is -0.122. The fourth-order valence-corrected chi connectivity index (χ4v) is 4.84. The van der Waals surface area contributed by atoms with Crippen LogP contribution in [0.5, 0.6) is 5.75 Å². The lowest BCUT2D eigenvalue weighted by Crippen LogP contribution is -2.30. The molecule has 142 valence electrons. The van der Waals surface area contributed by atoms with Gasteiger partial charge in [0, 0.05) is 4.88 Å². The maximum atomic E-state index is 12.6. The van der Waals surface area contributed by atoms with E-state index in [1.54, 1.807) is 13.0 Å². The number of nitriles is 1. The molecule has 1 aliphatic carbocycles. The molecule has 2 aromatic rings. The maximum absolute atomic E-state index is 12.6. The molecule has 27 heavy (non-hydrogen) atoms. The number of carbonyl (C=O) groups is 1. The standard InChI is InChI=1S/C21H23ClN2O2S/c1-4-14-6-7-15-16(11-23)21(27-19(15)10-14)24-20(25)13(3)26-18-9-12(2)5-8-17(18)22/h5,8-9,13-14H,4,6-7,10H2,1-3H3,(H,24,25)/t13-,14+/m0/s1. The summed E-state index contributed by atoms with van der Waals surface area (Å²) >= 11 is 7.68. The average molecular weight is 403 g/mol. The average Bonchev–Trinajstić information content (AvgIpc) is 3.00. The normalized spacial score (nSPS) is 16.9. The quantitative estimate of drug-likeness (QED) is 0.717. The van der Waals surface area contributed by atoms with E-state index >= 15 is 0 Å². The number of nitrogens with zero attached hydrogens (tertiary/aromatic N) is 1. The number of hydrogen-bond acceptors (Lipinski definition) is 4. The zero-order chi connectivity index (χ0) is 19.6. The van der Waals surface area contributed by atoms with Crippen molar-refractivity contribution in [3.8, 4) is 11.8 Å². The van der Waals surface area contributed by atoms with Crippen molar-refractivity contribution in [2.24, 2.45) is 5.92 Å². The molecular weight excluding hydrogens is 380 g/mol. The number of aryl methyl sites for hydroxylation is 1. The summed E-state index contributed by atoms with van der Waals surface area (Å²) in [6.45, 7) is 5.82. The summed E-state index contributed by atoms with van der Waals surface area (Å²) in [7, 11) is 0. The lowest BCUT2D eigenvalue weighted by atomic mass is 9.86. The Hall–Kier alpha value is -2.03. The fraction of sp³-hybridized carbons (Fsp3) is 0.429. The highest BCUT2D eigenvalue weighted by Crippen LogP contribution is 2.40. The Morgan fingerprint density at radius 2 is 2.30 bits per heavy atom. The van der Waals surface area contributed by atoms with Gasteiger partial charge in [-0.05, 0) is 62.3 Å². The number of hydrogen-bond donors (Lipinski definition) is 1. The Morgan fingerprint density at radius 3 is 3.00 bits per heavy atom. The molecule has 6 heteroatoms. The third-order valence-corrected chi connectivity index (χ3v) is 6.53. The van der Waals surface area contributed by atoms with E-state index in [1.807, 2.05) is 19.1 Å². The van der Waals surface area contributed by atoms with Gasteiger partial charge in [0.2, 0.25) is 0 Å². The minimum Gasteiger partial charge on any atom is -0.479 e. The molecule has 1 aromatic heterocycles. The van der Waals surface area contributed by atoms with Gasteiger partial charge in [-0.3, -0.25) is 4.79 Å². The molecule has 4 nitrogen and oxygen atoms in total. The second-order valence-corrected chi connectivity index (χ2v) is 8.53. The molecule has 0 aliphatic heterocycles. The van der Waals surface area contributed by atoms with Gasteiger partial charge < -0.3 is 10.1 Å². The van der Waals surface area contributed by atoms with Gasteiger partial charge in [0.15, 0.2) is 6.10 Å². The Morgan fingerprint density at radius 1 is 1.52 bits per heavy atom. The Balaban J connectivity index is 1.75. The maximum Gasteiger partial charge on any atom is 0.265 e. The molecule has 0 bridgehead atoms. The van der Waals surface area contributed by atoms with Crippen LogP contribution in [0.1, 0.15) is 48.3 Å². The number of nitrogens with one attached hydrogen (secondary N) is 1. The van der Waals surface area contributed by atoms with Crippen LogP contribution in [0.15, 0.2) is 18.2 Å². The molecule has 0 saturated carbocycles. The van der Waals surface area contributed by atoms with E-state index < -0.39 is 6.10 Å². The number of thiophene rings is 1. The topological polar surface area (TPSA) is 62.1 Å². The summed E-state index contributed by atoms with van der Waals surface area (Å²) in [5.41, 5.74) is 2.72. The molecule has 1 N–H and O–H groups in total. The van der Waals surface area contributed by atoms with Crippen molar-refractivity contribution in [3.63, 3.8) is 0 Å². The predicted octanol–water partition coefficient (Wildman–Crippen LogP) is 5.50. The van der Waals surface area contributed by atoms with E-state index in [1.165, 1.54) is 16.2 Å². The number of benzene rings is 1. The van der Waals surface area contributed by atoms with Crippen LogP contribution < -0.4 is 10.1 Å². The van der Waals surface area contributed by atoms with E-state index in [2.05, 4.69) is 18.3 Å². The largest absolute Gasteiger partial charge is 0.479 e. The number of fused-ring (bicyclic) bond motifs is 1. The molecule has 1 heterocycles. The number of carbonyl (C=O) groups excluding carboxylic acids is 1. The van der Waals surface area contributed by atoms with Gasteiger partial charge in [0.1, 0.15) is 16.8 Å². The van der Waals surface area contributed by atoms with E-state index in [0.29, 0.717) is 27.3 Å².